The fraction of sp³-hybridized carbons (Fsp3) is 0.684. The van der Waals surface area contributed by atoms with Gasteiger partial charge in [-0.15, -0.1) is 0 Å². The van der Waals surface area contributed by atoms with Crippen molar-refractivity contribution >= 4 is 11.9 Å². The summed E-state index contributed by atoms with van der Waals surface area (Å²) in [5, 5.41) is 0. The van der Waals surface area contributed by atoms with Crippen molar-refractivity contribution < 1.29 is 23.8 Å². The molecule has 5 heteroatoms. The Morgan fingerprint density at radius 1 is 0.371 bits per heavy atom. The molecule has 0 aliphatic rings. The van der Waals surface area contributed by atoms with Gasteiger partial charge in [-0.2, -0.15) is 0 Å². The number of rotatable bonds is 46. The lowest BCUT2D eigenvalue weighted by atomic mass is 10.1. The van der Waals surface area contributed by atoms with Crippen molar-refractivity contribution in [3.05, 3.63) is 97.2 Å². The Balaban J connectivity index is 4.32. The first kappa shape index (κ1) is 58.8. The van der Waals surface area contributed by atoms with Gasteiger partial charge in [0.15, 0.2) is 6.10 Å². The van der Waals surface area contributed by atoms with E-state index in [2.05, 4.69) is 118 Å². The number of allylic oxidation sites excluding steroid dienone is 16. The standard InChI is InChI=1S/C57H96O5/c1-4-7-10-13-16-19-22-25-27-28-29-30-32-33-35-38-41-44-47-50-56(58)61-54-55(53-60-52-49-46-43-40-37-24-21-18-15-12-9-6-3)62-57(59)51-48-45-42-39-36-34-31-26-23-20-17-14-11-8-5-2/h7-8,10-11,15-20,25-27,29-31,55H,4-6,9,12-14,21-24,28,32-54H2,1-3H3/b10-7-,11-8-,18-15-,19-16-,20-17-,27-25-,30-29-,31-26-. The molecule has 0 spiro atoms. The van der Waals surface area contributed by atoms with Crippen LogP contribution in [0.2, 0.25) is 0 Å². The van der Waals surface area contributed by atoms with Gasteiger partial charge in [0.2, 0.25) is 0 Å². The number of carbonyl (C=O) groups is 2. The van der Waals surface area contributed by atoms with E-state index in [-0.39, 0.29) is 25.2 Å². The molecule has 62 heavy (non-hydrogen) atoms. The molecule has 0 aromatic carbocycles. The first-order valence-corrected chi connectivity index (χ1v) is 25.8. The molecule has 1 unspecified atom stereocenters. The van der Waals surface area contributed by atoms with Gasteiger partial charge < -0.3 is 14.2 Å². The van der Waals surface area contributed by atoms with Crippen LogP contribution in [-0.2, 0) is 23.8 Å². The lowest BCUT2D eigenvalue weighted by Crippen LogP contribution is -2.30. The molecule has 0 aliphatic heterocycles. The zero-order valence-electron chi connectivity index (χ0n) is 40.6. The average molecular weight is 861 g/mol. The van der Waals surface area contributed by atoms with Crippen molar-refractivity contribution in [1.82, 2.24) is 0 Å². The van der Waals surface area contributed by atoms with Crippen LogP contribution in [0.4, 0.5) is 0 Å². The van der Waals surface area contributed by atoms with Crippen LogP contribution in [0.25, 0.3) is 0 Å². The summed E-state index contributed by atoms with van der Waals surface area (Å²) in [6, 6.07) is 0. The van der Waals surface area contributed by atoms with E-state index in [4.69, 9.17) is 14.2 Å². The minimum absolute atomic E-state index is 0.0635. The summed E-state index contributed by atoms with van der Waals surface area (Å²) in [4.78, 5) is 25.4. The fourth-order valence-corrected chi connectivity index (χ4v) is 6.79. The molecule has 0 bridgehead atoms. The van der Waals surface area contributed by atoms with Crippen LogP contribution in [0.1, 0.15) is 226 Å². The molecular weight excluding hydrogens is 765 g/mol. The minimum atomic E-state index is -0.559. The minimum Gasteiger partial charge on any atom is -0.462 e. The predicted octanol–water partition coefficient (Wildman–Crippen LogP) is 17.5. The first-order chi connectivity index (χ1) is 30.6. The Labute approximate surface area is 383 Å². The van der Waals surface area contributed by atoms with Crippen LogP contribution in [-0.4, -0.2) is 37.9 Å². The summed E-state index contributed by atoms with van der Waals surface area (Å²) >= 11 is 0. The normalized spacial score (nSPS) is 13.0. The van der Waals surface area contributed by atoms with Gasteiger partial charge in [-0.25, -0.2) is 0 Å². The van der Waals surface area contributed by atoms with Crippen molar-refractivity contribution in [2.75, 3.05) is 19.8 Å². The zero-order chi connectivity index (χ0) is 44.9. The summed E-state index contributed by atoms with van der Waals surface area (Å²) in [5.74, 6) is -0.439. The van der Waals surface area contributed by atoms with Gasteiger partial charge in [0.05, 0.1) is 6.61 Å². The topological polar surface area (TPSA) is 61.8 Å². The number of hydrogen-bond donors (Lipinski definition) is 0. The Hall–Kier alpha value is -3.18. The highest BCUT2D eigenvalue weighted by Crippen LogP contribution is 2.13. The van der Waals surface area contributed by atoms with Gasteiger partial charge in [0.25, 0.3) is 0 Å². The van der Waals surface area contributed by atoms with Crippen LogP contribution < -0.4 is 0 Å². The maximum absolute atomic E-state index is 12.8. The second kappa shape index (κ2) is 52.2. The van der Waals surface area contributed by atoms with Crippen LogP contribution in [0.15, 0.2) is 97.2 Å². The zero-order valence-corrected chi connectivity index (χ0v) is 40.6. The van der Waals surface area contributed by atoms with Gasteiger partial charge in [0.1, 0.15) is 6.61 Å². The highest BCUT2D eigenvalue weighted by Gasteiger charge is 2.17. The molecule has 0 aliphatic carbocycles. The molecule has 0 N–H and O–H groups in total. The molecule has 354 valence electrons. The molecule has 0 saturated carbocycles. The third kappa shape index (κ3) is 49.5. The Morgan fingerprint density at radius 2 is 0.726 bits per heavy atom. The summed E-state index contributed by atoms with van der Waals surface area (Å²) in [6.45, 7) is 7.52. The van der Waals surface area contributed by atoms with Crippen molar-refractivity contribution in [3.8, 4) is 0 Å². The van der Waals surface area contributed by atoms with Crippen molar-refractivity contribution in [1.29, 1.82) is 0 Å². The van der Waals surface area contributed by atoms with Crippen LogP contribution in [0.5, 0.6) is 0 Å². The van der Waals surface area contributed by atoms with Gasteiger partial charge in [-0.05, 0) is 109 Å². The molecule has 0 saturated heterocycles. The number of hydrogen-bond acceptors (Lipinski definition) is 5. The van der Waals surface area contributed by atoms with Crippen molar-refractivity contribution in [2.24, 2.45) is 0 Å². The molecular formula is C57H96O5. The second-order valence-electron chi connectivity index (χ2n) is 16.7. The van der Waals surface area contributed by atoms with E-state index in [0.717, 1.165) is 109 Å². The van der Waals surface area contributed by atoms with E-state index >= 15 is 0 Å². The van der Waals surface area contributed by atoms with E-state index in [1.807, 2.05) is 0 Å². The second-order valence-corrected chi connectivity index (χ2v) is 16.7. The van der Waals surface area contributed by atoms with E-state index in [1.54, 1.807) is 0 Å². The lowest BCUT2D eigenvalue weighted by Gasteiger charge is -2.18. The molecule has 0 aromatic heterocycles. The maximum Gasteiger partial charge on any atom is 0.306 e. The number of unbranched alkanes of at least 4 members (excludes halogenated alkanes) is 19. The molecule has 0 amide bonds. The van der Waals surface area contributed by atoms with Gasteiger partial charge in [-0.1, -0.05) is 201 Å². The lowest BCUT2D eigenvalue weighted by molar-refractivity contribution is -0.163. The van der Waals surface area contributed by atoms with Crippen LogP contribution >= 0.6 is 0 Å². The summed E-state index contributed by atoms with van der Waals surface area (Å²) in [6.07, 6.45) is 69.8. The van der Waals surface area contributed by atoms with Gasteiger partial charge in [-0.3, -0.25) is 9.59 Å². The van der Waals surface area contributed by atoms with E-state index in [1.165, 1.54) is 83.5 Å². The fourth-order valence-electron chi connectivity index (χ4n) is 6.79. The van der Waals surface area contributed by atoms with E-state index in [9.17, 15) is 9.59 Å². The SMILES string of the molecule is CC/C=C\C/C=C\C/C=C\C/C=C\CCCCCCCCC(=O)OCC(COCCCCCCCC/C=C\CCCC)OC(=O)CCCCCCC/C=C\C/C=C\C/C=C\CC. The van der Waals surface area contributed by atoms with Crippen molar-refractivity contribution in [3.63, 3.8) is 0 Å². The molecule has 0 rings (SSSR count). The molecule has 0 radical (unpaired) electrons. The summed E-state index contributed by atoms with van der Waals surface area (Å²) in [5.41, 5.74) is 0. The number of carbonyl (C=O) groups excluding carboxylic acids is 2. The Bertz CT molecular complexity index is 1200. The largest absolute Gasteiger partial charge is 0.462 e. The van der Waals surface area contributed by atoms with E-state index < -0.39 is 6.10 Å². The number of esters is 2. The van der Waals surface area contributed by atoms with Crippen LogP contribution in [0.3, 0.4) is 0 Å². The third-order valence-corrected chi connectivity index (χ3v) is 10.6. The summed E-state index contributed by atoms with van der Waals surface area (Å²) < 4.78 is 17.4. The Morgan fingerprint density at radius 3 is 1.18 bits per heavy atom. The third-order valence-electron chi connectivity index (χ3n) is 10.6. The average Bonchev–Trinajstić information content (AvgIpc) is 3.27. The highest BCUT2D eigenvalue weighted by molar-refractivity contribution is 5.70. The van der Waals surface area contributed by atoms with Crippen LogP contribution in [0, 0.1) is 0 Å². The van der Waals surface area contributed by atoms with Gasteiger partial charge >= 0.3 is 11.9 Å². The monoisotopic (exact) mass is 861 g/mol. The number of ether oxygens (including phenoxy) is 3. The quantitative estimate of drug-likeness (QED) is 0.0347. The van der Waals surface area contributed by atoms with Crippen molar-refractivity contribution in [2.45, 2.75) is 232 Å². The highest BCUT2D eigenvalue weighted by atomic mass is 16.6. The smallest absolute Gasteiger partial charge is 0.306 e. The predicted molar refractivity (Wildman–Crippen MR) is 270 cm³/mol. The molecule has 0 heterocycles. The Kier molecular flexibility index (Phi) is 49.5. The van der Waals surface area contributed by atoms with Gasteiger partial charge in [0, 0.05) is 19.4 Å². The molecule has 0 fully saturated rings. The maximum atomic E-state index is 12.8. The molecule has 1 atom stereocenters. The molecule has 0 aromatic rings. The summed E-state index contributed by atoms with van der Waals surface area (Å²) in [7, 11) is 0. The first-order valence-electron chi connectivity index (χ1n) is 25.8. The molecule has 5 nitrogen and oxygen atoms in total. The van der Waals surface area contributed by atoms with E-state index in [0.29, 0.717) is 19.4 Å².